The van der Waals surface area contributed by atoms with Crippen molar-refractivity contribution in [3.05, 3.63) is 61.7 Å². The average Bonchev–Trinajstić information content (AvgIpc) is 3.37. The summed E-state index contributed by atoms with van der Waals surface area (Å²) < 4.78 is 27.2. The number of carbonyl (C=O) groups is 4. The van der Waals surface area contributed by atoms with Crippen LogP contribution >= 0.6 is 0 Å². The molecular weight excluding hydrogens is 613 g/mol. The number of hydrogen-bond acceptors (Lipinski definition) is 9. The molecule has 248 valence electrons. The average molecular weight is 650 g/mol. The largest absolute Gasteiger partial charge is 0.458 e. The Hall–Kier alpha value is -4.85. The molecule has 0 saturated heterocycles. The summed E-state index contributed by atoms with van der Waals surface area (Å²) >= 11 is 0. The van der Waals surface area contributed by atoms with Crippen LogP contribution in [-0.2, 0) is 49.0 Å². The summed E-state index contributed by atoms with van der Waals surface area (Å²) in [5.41, 5.74) is 5.76. The first kappa shape index (κ1) is 32.1. The van der Waals surface area contributed by atoms with Crippen molar-refractivity contribution in [1.29, 1.82) is 0 Å². The molecule has 1 aromatic carbocycles. The van der Waals surface area contributed by atoms with Gasteiger partial charge >= 0.3 is 12.1 Å². The first-order valence-corrected chi connectivity index (χ1v) is 15.4. The molecule has 2 atom stereocenters. The first-order valence-electron chi connectivity index (χ1n) is 15.4. The Kier molecular flexibility index (Phi) is 7.61. The number of aliphatic hydroxyl groups is 1. The zero-order valence-electron chi connectivity index (χ0n) is 26.8. The molecular formula is C33H36FN5O8. The number of alkyl carbamates (subject to hydrolysis) is 1. The number of esters is 1. The van der Waals surface area contributed by atoms with E-state index >= 15 is 4.39 Å². The number of pyridine rings is 2. The minimum absolute atomic E-state index is 0.0225. The molecule has 47 heavy (non-hydrogen) atoms. The van der Waals surface area contributed by atoms with Crippen molar-refractivity contribution in [3.63, 3.8) is 0 Å². The van der Waals surface area contributed by atoms with Gasteiger partial charge in [0.2, 0.25) is 11.8 Å². The number of cyclic esters (lactones) is 1. The molecule has 0 saturated carbocycles. The summed E-state index contributed by atoms with van der Waals surface area (Å²) in [5, 5.41) is 14.3. The highest BCUT2D eigenvalue weighted by Crippen LogP contribution is 2.47. The van der Waals surface area contributed by atoms with E-state index in [1.54, 1.807) is 40.7 Å². The Labute approximate surface area is 268 Å². The fourth-order valence-electron chi connectivity index (χ4n) is 6.95. The van der Waals surface area contributed by atoms with Crippen LogP contribution in [0.4, 0.5) is 9.18 Å². The van der Waals surface area contributed by atoms with Crippen LogP contribution in [0.2, 0.25) is 0 Å². The van der Waals surface area contributed by atoms with E-state index in [1.807, 2.05) is 0 Å². The third-order valence-electron chi connectivity index (χ3n) is 9.15. The van der Waals surface area contributed by atoms with Gasteiger partial charge in [-0.05, 0) is 69.7 Å². The van der Waals surface area contributed by atoms with E-state index in [9.17, 15) is 29.1 Å². The summed E-state index contributed by atoms with van der Waals surface area (Å²) in [7, 11) is 0. The first-order chi connectivity index (χ1) is 22.1. The van der Waals surface area contributed by atoms with Gasteiger partial charge in [0.05, 0.1) is 41.6 Å². The molecule has 0 fully saturated rings. The quantitative estimate of drug-likeness (QED) is 0.264. The van der Waals surface area contributed by atoms with E-state index in [2.05, 4.69) is 5.32 Å². The summed E-state index contributed by atoms with van der Waals surface area (Å²) in [6, 6.07) is 2.09. The number of nitrogens with zero attached hydrogens (tertiary/aromatic N) is 3. The van der Waals surface area contributed by atoms with Gasteiger partial charge in [-0.1, -0.05) is 6.92 Å². The third kappa shape index (κ3) is 5.20. The summed E-state index contributed by atoms with van der Waals surface area (Å²) in [5.74, 6) is -2.72. The van der Waals surface area contributed by atoms with Gasteiger partial charge < -0.3 is 35.1 Å². The number of primary amides is 1. The highest BCUT2D eigenvalue weighted by molar-refractivity contribution is 5.95. The fourth-order valence-corrected chi connectivity index (χ4v) is 6.95. The van der Waals surface area contributed by atoms with Crippen LogP contribution in [0.15, 0.2) is 16.9 Å². The number of nitrogens with one attached hydrogen (secondary N) is 1. The number of aromatic nitrogens is 2. The van der Waals surface area contributed by atoms with Crippen molar-refractivity contribution in [2.24, 2.45) is 5.73 Å². The Balaban J connectivity index is 1.53. The highest BCUT2D eigenvalue weighted by atomic mass is 19.1. The number of carbonyl (C=O) groups excluding carboxylic acids is 4. The van der Waals surface area contributed by atoms with Crippen molar-refractivity contribution in [2.75, 3.05) is 13.1 Å². The molecule has 6 rings (SSSR count). The number of ether oxygens (including phenoxy) is 2. The molecule has 4 heterocycles. The van der Waals surface area contributed by atoms with Crippen LogP contribution in [0.3, 0.4) is 0 Å². The second-order valence-corrected chi connectivity index (χ2v) is 13.2. The van der Waals surface area contributed by atoms with Gasteiger partial charge in [-0.2, -0.15) is 0 Å². The predicted molar refractivity (Wildman–Crippen MR) is 165 cm³/mol. The number of hydrogen-bond donors (Lipinski definition) is 3. The van der Waals surface area contributed by atoms with Gasteiger partial charge in [0.1, 0.15) is 24.6 Å². The lowest BCUT2D eigenvalue weighted by Crippen LogP contribution is -2.47. The molecule has 0 unspecified atom stereocenters. The standard InChI is InChI=1S/C33H36FN5O8/c1-6-33(45)19-9-23-28-17(12-39(23)29(42)18(19)14-46-30(33)43)27-22(8-7-16-15(2)20(34)10-21(37-28)26(16)27)38(13-24(35)40)25(41)11-36-31(44)47-32(3,4)5/h9-10,22,45H,6-8,11-14H2,1-5H3,(H2,35,40)(H,36,44)/t22-,33-/m0/s1. The molecule has 2 aromatic heterocycles. The van der Waals surface area contributed by atoms with Gasteiger partial charge in [0, 0.05) is 22.6 Å². The van der Waals surface area contributed by atoms with Crippen molar-refractivity contribution < 1.29 is 38.1 Å². The molecule has 2 aliphatic heterocycles. The van der Waals surface area contributed by atoms with Crippen molar-refractivity contribution in [1.82, 2.24) is 19.8 Å². The predicted octanol–water partition coefficient (Wildman–Crippen LogP) is 2.35. The Morgan fingerprint density at radius 3 is 2.62 bits per heavy atom. The summed E-state index contributed by atoms with van der Waals surface area (Å²) in [4.78, 5) is 71.0. The second-order valence-electron chi connectivity index (χ2n) is 13.2. The Bertz CT molecular complexity index is 1970. The maximum atomic E-state index is 15.3. The van der Waals surface area contributed by atoms with Gasteiger partial charge in [0.25, 0.3) is 5.56 Å². The van der Waals surface area contributed by atoms with Gasteiger partial charge in [-0.25, -0.2) is 19.0 Å². The number of nitrogens with two attached hydrogens (primary N) is 1. The number of aryl methyl sites for hydroxylation is 1. The van der Waals surface area contributed by atoms with Crippen LogP contribution in [0, 0.1) is 12.7 Å². The number of rotatable bonds is 6. The molecule has 3 aromatic rings. The molecule has 14 heteroatoms. The number of halogens is 1. The number of benzene rings is 1. The van der Waals surface area contributed by atoms with E-state index in [1.165, 1.54) is 15.5 Å². The second kappa shape index (κ2) is 11.1. The Morgan fingerprint density at radius 1 is 1.23 bits per heavy atom. The van der Waals surface area contributed by atoms with Crippen molar-refractivity contribution >= 4 is 34.8 Å². The zero-order valence-corrected chi connectivity index (χ0v) is 26.8. The highest BCUT2D eigenvalue weighted by Gasteiger charge is 2.46. The normalized spacial score (nSPS) is 19.4. The zero-order chi connectivity index (χ0) is 34.2. The molecule has 4 N–H and O–H groups in total. The minimum Gasteiger partial charge on any atom is -0.458 e. The monoisotopic (exact) mass is 649 g/mol. The van der Waals surface area contributed by atoms with Crippen LogP contribution < -0.4 is 16.6 Å². The smallest absolute Gasteiger partial charge is 0.408 e. The molecule has 13 nitrogen and oxygen atoms in total. The Morgan fingerprint density at radius 2 is 1.96 bits per heavy atom. The minimum atomic E-state index is -2.04. The number of amides is 3. The van der Waals surface area contributed by atoms with Crippen LogP contribution in [0.1, 0.15) is 80.0 Å². The van der Waals surface area contributed by atoms with E-state index in [4.69, 9.17) is 20.2 Å². The van der Waals surface area contributed by atoms with Gasteiger partial charge in [-0.3, -0.25) is 14.4 Å². The molecule has 1 aliphatic carbocycles. The lowest BCUT2D eigenvalue weighted by Gasteiger charge is -2.37. The SMILES string of the molecule is CC[C@@]1(O)C(=O)OCc2c1cc1n(c2=O)Cc2c-1nc1cc(F)c(C)c3c1c2[C@@H](N(CC(N)=O)C(=O)CNC(=O)OC(C)(C)C)CC3. The van der Waals surface area contributed by atoms with Crippen LogP contribution in [0.25, 0.3) is 22.3 Å². The molecule has 3 amide bonds. The summed E-state index contributed by atoms with van der Waals surface area (Å²) in [6.07, 6.45) is -0.216. The molecule has 0 radical (unpaired) electrons. The van der Waals surface area contributed by atoms with E-state index in [0.717, 1.165) is 0 Å². The van der Waals surface area contributed by atoms with Gasteiger partial charge in [0.15, 0.2) is 5.60 Å². The lowest BCUT2D eigenvalue weighted by atomic mass is 9.81. The summed E-state index contributed by atoms with van der Waals surface area (Å²) in [6.45, 7) is 7.06. The molecule has 3 aliphatic rings. The van der Waals surface area contributed by atoms with E-state index in [-0.39, 0.29) is 42.6 Å². The maximum absolute atomic E-state index is 15.3. The maximum Gasteiger partial charge on any atom is 0.408 e. The fraction of sp³-hybridized carbons (Fsp3) is 0.455. The molecule has 0 spiro atoms. The van der Waals surface area contributed by atoms with E-state index < -0.39 is 65.6 Å². The third-order valence-corrected chi connectivity index (χ3v) is 9.15. The van der Waals surface area contributed by atoms with Gasteiger partial charge in [-0.15, -0.1) is 0 Å². The van der Waals surface area contributed by atoms with Crippen molar-refractivity contribution in [2.45, 2.75) is 84.3 Å². The molecule has 0 bridgehead atoms. The lowest BCUT2D eigenvalue weighted by molar-refractivity contribution is -0.172. The van der Waals surface area contributed by atoms with E-state index in [0.29, 0.717) is 45.4 Å². The topological polar surface area (TPSA) is 183 Å². The van der Waals surface area contributed by atoms with Crippen molar-refractivity contribution in [3.8, 4) is 11.4 Å². The van der Waals surface area contributed by atoms with Crippen LogP contribution in [-0.4, -0.2) is 62.1 Å². The number of fused-ring (bicyclic) bond motifs is 5. The van der Waals surface area contributed by atoms with Crippen LogP contribution in [0.5, 0.6) is 0 Å².